The molecule has 0 bridgehead atoms. The first kappa shape index (κ1) is 12.6. The van der Waals surface area contributed by atoms with E-state index in [4.69, 9.17) is 11.6 Å². The second-order valence-corrected chi connectivity index (χ2v) is 4.77. The van der Waals surface area contributed by atoms with Crippen molar-refractivity contribution in [2.45, 2.75) is 0 Å². The number of carboxylic acids is 1. The SMILES string of the molecule is O=C(O)c1nc(-c2ccccc2Cl)cc2ccccc12. The van der Waals surface area contributed by atoms with Crippen LogP contribution < -0.4 is 0 Å². The highest BCUT2D eigenvalue weighted by Gasteiger charge is 2.14. The predicted molar refractivity (Wildman–Crippen MR) is 79.1 cm³/mol. The van der Waals surface area contributed by atoms with E-state index in [0.29, 0.717) is 16.1 Å². The molecule has 1 N–H and O–H groups in total. The number of aromatic nitrogens is 1. The lowest BCUT2D eigenvalue weighted by Gasteiger charge is -2.08. The molecule has 0 fully saturated rings. The topological polar surface area (TPSA) is 50.2 Å². The minimum Gasteiger partial charge on any atom is -0.476 e. The Hall–Kier alpha value is -2.39. The third kappa shape index (κ3) is 2.12. The summed E-state index contributed by atoms with van der Waals surface area (Å²) in [5.74, 6) is -1.05. The summed E-state index contributed by atoms with van der Waals surface area (Å²) in [4.78, 5) is 15.6. The number of rotatable bonds is 2. The first-order chi connectivity index (χ1) is 9.66. The van der Waals surface area contributed by atoms with Gasteiger partial charge in [0.15, 0.2) is 5.69 Å². The molecule has 3 rings (SSSR count). The van der Waals surface area contributed by atoms with Crippen LogP contribution in [0.1, 0.15) is 10.5 Å². The van der Waals surface area contributed by atoms with Gasteiger partial charge in [0, 0.05) is 16.0 Å². The summed E-state index contributed by atoms with van der Waals surface area (Å²) < 4.78 is 0. The van der Waals surface area contributed by atoms with Crippen molar-refractivity contribution in [1.82, 2.24) is 4.98 Å². The maximum Gasteiger partial charge on any atom is 0.355 e. The zero-order chi connectivity index (χ0) is 14.1. The normalized spacial score (nSPS) is 10.7. The number of nitrogens with zero attached hydrogens (tertiary/aromatic N) is 1. The lowest BCUT2D eigenvalue weighted by Crippen LogP contribution is -2.02. The van der Waals surface area contributed by atoms with Crippen LogP contribution in [0.5, 0.6) is 0 Å². The van der Waals surface area contributed by atoms with Crippen LogP contribution >= 0.6 is 11.6 Å². The predicted octanol–water partition coefficient (Wildman–Crippen LogP) is 4.25. The smallest absolute Gasteiger partial charge is 0.355 e. The van der Waals surface area contributed by atoms with E-state index in [1.54, 1.807) is 18.2 Å². The van der Waals surface area contributed by atoms with Crippen molar-refractivity contribution in [1.29, 1.82) is 0 Å². The van der Waals surface area contributed by atoms with E-state index < -0.39 is 5.97 Å². The number of aromatic carboxylic acids is 1. The van der Waals surface area contributed by atoms with E-state index in [1.807, 2.05) is 36.4 Å². The molecule has 0 saturated heterocycles. The van der Waals surface area contributed by atoms with Crippen molar-refractivity contribution in [3.63, 3.8) is 0 Å². The Morgan fingerprint density at radius 3 is 2.50 bits per heavy atom. The van der Waals surface area contributed by atoms with Gasteiger partial charge in [-0.15, -0.1) is 0 Å². The van der Waals surface area contributed by atoms with E-state index >= 15 is 0 Å². The van der Waals surface area contributed by atoms with E-state index in [-0.39, 0.29) is 5.69 Å². The van der Waals surface area contributed by atoms with E-state index in [2.05, 4.69) is 4.98 Å². The molecular weight excluding hydrogens is 274 g/mol. The molecule has 0 radical (unpaired) electrons. The lowest BCUT2D eigenvalue weighted by molar-refractivity contribution is 0.0693. The fourth-order valence-corrected chi connectivity index (χ4v) is 2.40. The molecule has 1 heterocycles. The number of benzene rings is 2. The number of hydrogen-bond donors (Lipinski definition) is 1. The molecule has 3 nitrogen and oxygen atoms in total. The highest BCUT2D eigenvalue weighted by Crippen LogP contribution is 2.29. The molecule has 1 aromatic heterocycles. The quantitative estimate of drug-likeness (QED) is 0.765. The fraction of sp³-hybridized carbons (Fsp3) is 0. The molecule has 3 aromatic rings. The maximum atomic E-state index is 11.4. The van der Waals surface area contributed by atoms with Gasteiger partial charge in [-0.3, -0.25) is 0 Å². The van der Waals surface area contributed by atoms with Gasteiger partial charge in [-0.05, 0) is 17.5 Å². The van der Waals surface area contributed by atoms with Gasteiger partial charge in [-0.1, -0.05) is 54.1 Å². The van der Waals surface area contributed by atoms with Crippen LogP contribution in [-0.2, 0) is 0 Å². The highest BCUT2D eigenvalue weighted by molar-refractivity contribution is 6.33. The van der Waals surface area contributed by atoms with Gasteiger partial charge in [0.2, 0.25) is 0 Å². The van der Waals surface area contributed by atoms with Gasteiger partial charge in [-0.2, -0.15) is 0 Å². The van der Waals surface area contributed by atoms with Gasteiger partial charge < -0.3 is 5.11 Å². The summed E-state index contributed by atoms with van der Waals surface area (Å²) >= 11 is 6.15. The first-order valence-electron chi connectivity index (χ1n) is 6.05. The fourth-order valence-electron chi connectivity index (χ4n) is 2.17. The largest absolute Gasteiger partial charge is 0.476 e. The van der Waals surface area contributed by atoms with E-state index in [9.17, 15) is 9.90 Å². The zero-order valence-corrected chi connectivity index (χ0v) is 11.1. The van der Waals surface area contributed by atoms with Crippen LogP contribution in [0.25, 0.3) is 22.0 Å². The van der Waals surface area contributed by atoms with E-state index in [0.717, 1.165) is 10.9 Å². The van der Waals surface area contributed by atoms with Crippen LogP contribution in [0.4, 0.5) is 0 Å². The summed E-state index contributed by atoms with van der Waals surface area (Å²) in [6, 6.07) is 16.4. The Morgan fingerprint density at radius 1 is 1.05 bits per heavy atom. The van der Waals surface area contributed by atoms with Crippen LogP contribution in [0, 0.1) is 0 Å². The summed E-state index contributed by atoms with van der Waals surface area (Å²) in [6.07, 6.45) is 0. The van der Waals surface area contributed by atoms with Crippen molar-refractivity contribution in [2.24, 2.45) is 0 Å². The van der Waals surface area contributed by atoms with Gasteiger partial charge in [0.1, 0.15) is 0 Å². The van der Waals surface area contributed by atoms with Crippen LogP contribution in [0.15, 0.2) is 54.6 Å². The average molecular weight is 284 g/mol. The average Bonchev–Trinajstić information content (AvgIpc) is 2.46. The number of halogens is 1. The number of hydrogen-bond acceptors (Lipinski definition) is 2. The molecule has 2 aromatic carbocycles. The molecule has 20 heavy (non-hydrogen) atoms. The Kier molecular flexibility index (Phi) is 3.12. The summed E-state index contributed by atoms with van der Waals surface area (Å²) in [5, 5.41) is 11.3. The van der Waals surface area contributed by atoms with Gasteiger partial charge in [0.05, 0.1) is 5.69 Å². The van der Waals surface area contributed by atoms with Crippen LogP contribution in [0.3, 0.4) is 0 Å². The third-order valence-corrected chi connectivity index (χ3v) is 3.42. The molecule has 0 aliphatic rings. The monoisotopic (exact) mass is 283 g/mol. The van der Waals surface area contributed by atoms with Crippen molar-refractivity contribution < 1.29 is 9.90 Å². The number of carbonyl (C=O) groups is 1. The highest BCUT2D eigenvalue weighted by atomic mass is 35.5. The van der Waals surface area contributed by atoms with Crippen molar-refractivity contribution in [3.8, 4) is 11.3 Å². The van der Waals surface area contributed by atoms with Gasteiger partial charge >= 0.3 is 5.97 Å². The molecule has 0 aliphatic carbocycles. The van der Waals surface area contributed by atoms with Crippen molar-refractivity contribution in [2.75, 3.05) is 0 Å². The molecule has 0 spiro atoms. The Bertz CT molecular complexity index is 814. The van der Waals surface area contributed by atoms with Gasteiger partial charge in [-0.25, -0.2) is 9.78 Å². The summed E-state index contributed by atoms with van der Waals surface area (Å²) in [7, 11) is 0. The molecule has 0 aliphatic heterocycles. The number of pyridine rings is 1. The summed E-state index contributed by atoms with van der Waals surface area (Å²) in [6.45, 7) is 0. The number of fused-ring (bicyclic) bond motifs is 1. The standard InChI is InChI=1S/C16H10ClNO2/c17-13-8-4-3-7-12(13)14-9-10-5-1-2-6-11(10)15(18-14)16(19)20/h1-9H,(H,19,20). The number of carboxylic acid groups (broad SMARTS) is 1. The molecule has 0 atom stereocenters. The Morgan fingerprint density at radius 2 is 1.75 bits per heavy atom. The second-order valence-electron chi connectivity index (χ2n) is 4.36. The van der Waals surface area contributed by atoms with Crippen molar-refractivity contribution in [3.05, 3.63) is 65.3 Å². The third-order valence-electron chi connectivity index (χ3n) is 3.09. The summed E-state index contributed by atoms with van der Waals surface area (Å²) in [5.41, 5.74) is 1.33. The molecule has 0 saturated carbocycles. The molecule has 98 valence electrons. The molecular formula is C16H10ClNO2. The molecule has 0 unspecified atom stereocenters. The minimum absolute atomic E-state index is 0.0398. The second kappa shape index (κ2) is 4.94. The minimum atomic E-state index is -1.05. The Balaban J connectivity index is 2.33. The molecule has 4 heteroatoms. The van der Waals surface area contributed by atoms with Gasteiger partial charge in [0.25, 0.3) is 0 Å². The first-order valence-corrected chi connectivity index (χ1v) is 6.42. The van der Waals surface area contributed by atoms with Crippen molar-refractivity contribution >= 4 is 28.3 Å². The zero-order valence-electron chi connectivity index (χ0n) is 10.4. The van der Waals surface area contributed by atoms with Crippen LogP contribution in [-0.4, -0.2) is 16.1 Å². The van der Waals surface area contributed by atoms with Crippen LogP contribution in [0.2, 0.25) is 5.02 Å². The lowest BCUT2D eigenvalue weighted by atomic mass is 10.0. The molecule has 0 amide bonds. The Labute approximate surface area is 120 Å². The maximum absolute atomic E-state index is 11.4. The van der Waals surface area contributed by atoms with E-state index in [1.165, 1.54) is 0 Å².